The second kappa shape index (κ2) is 8.37. The Bertz CT molecular complexity index is 419. The molecule has 1 aromatic carbocycles. The Morgan fingerprint density at radius 2 is 2.11 bits per heavy atom. The molecule has 0 amide bonds. The van der Waals surface area contributed by atoms with E-state index in [4.69, 9.17) is 20.4 Å². The number of benzene rings is 1. The van der Waals surface area contributed by atoms with E-state index in [1.165, 1.54) is 0 Å². The first kappa shape index (κ1) is 15.3. The number of para-hydroxylation sites is 1. The summed E-state index contributed by atoms with van der Waals surface area (Å²) in [5, 5.41) is 11.8. The van der Waals surface area contributed by atoms with Gasteiger partial charge in [0.15, 0.2) is 5.84 Å². The van der Waals surface area contributed by atoms with E-state index in [2.05, 4.69) is 12.1 Å². The lowest BCUT2D eigenvalue weighted by Crippen LogP contribution is -2.17. The molecule has 19 heavy (non-hydrogen) atoms. The number of hydrogen-bond acceptors (Lipinski definition) is 4. The number of amidine groups is 1. The van der Waals surface area contributed by atoms with Crippen molar-refractivity contribution in [2.75, 3.05) is 19.8 Å². The van der Waals surface area contributed by atoms with E-state index in [0.717, 1.165) is 25.0 Å². The lowest BCUT2D eigenvalue weighted by Gasteiger charge is -2.13. The predicted octanol–water partition coefficient (Wildman–Crippen LogP) is 2.29. The quantitative estimate of drug-likeness (QED) is 0.249. The van der Waals surface area contributed by atoms with Gasteiger partial charge in [0.1, 0.15) is 12.4 Å². The molecule has 0 radical (unpaired) electrons. The van der Waals surface area contributed by atoms with Gasteiger partial charge in [0, 0.05) is 6.61 Å². The normalized spacial score (nSPS) is 11.6. The van der Waals surface area contributed by atoms with Crippen LogP contribution in [0.15, 0.2) is 23.4 Å². The molecule has 0 saturated heterocycles. The van der Waals surface area contributed by atoms with Crippen LogP contribution in [0.4, 0.5) is 0 Å². The zero-order chi connectivity index (χ0) is 14.1. The standard InChI is InChI=1S/C14H22N2O3/c1-3-4-8-18-9-10-19-13-11(2)6-5-7-12(13)14(15)16-17/h5-7,17H,3-4,8-10H2,1-2H3,(H2,15,16). The molecule has 0 aliphatic carbocycles. The smallest absolute Gasteiger partial charge is 0.173 e. The second-order valence-corrected chi connectivity index (χ2v) is 4.25. The Morgan fingerprint density at radius 3 is 2.79 bits per heavy atom. The van der Waals surface area contributed by atoms with Gasteiger partial charge in [0.25, 0.3) is 0 Å². The van der Waals surface area contributed by atoms with Crippen LogP contribution in [0.2, 0.25) is 0 Å². The molecule has 5 nitrogen and oxygen atoms in total. The summed E-state index contributed by atoms with van der Waals surface area (Å²) in [5.74, 6) is 0.683. The molecule has 0 aliphatic rings. The van der Waals surface area contributed by atoms with Crippen molar-refractivity contribution in [3.8, 4) is 5.75 Å². The summed E-state index contributed by atoms with van der Waals surface area (Å²) in [7, 11) is 0. The largest absolute Gasteiger partial charge is 0.490 e. The second-order valence-electron chi connectivity index (χ2n) is 4.25. The van der Waals surface area contributed by atoms with Crippen LogP contribution in [0, 0.1) is 6.92 Å². The molecular formula is C14H22N2O3. The number of hydrogen-bond donors (Lipinski definition) is 2. The van der Waals surface area contributed by atoms with Gasteiger partial charge in [-0.3, -0.25) is 0 Å². The third-order valence-electron chi connectivity index (χ3n) is 2.71. The van der Waals surface area contributed by atoms with E-state index in [1.807, 2.05) is 19.1 Å². The summed E-state index contributed by atoms with van der Waals surface area (Å²) < 4.78 is 11.1. The molecule has 0 unspecified atom stereocenters. The molecule has 0 aliphatic heterocycles. The highest BCUT2D eigenvalue weighted by atomic mass is 16.5. The highest BCUT2D eigenvalue weighted by Gasteiger charge is 2.10. The van der Waals surface area contributed by atoms with Crippen molar-refractivity contribution in [2.24, 2.45) is 10.9 Å². The van der Waals surface area contributed by atoms with E-state index < -0.39 is 0 Å². The van der Waals surface area contributed by atoms with Crippen LogP contribution in [-0.2, 0) is 4.74 Å². The average molecular weight is 266 g/mol. The fraction of sp³-hybridized carbons (Fsp3) is 0.500. The van der Waals surface area contributed by atoms with E-state index in [9.17, 15) is 0 Å². The molecule has 0 fully saturated rings. The molecule has 0 bridgehead atoms. The van der Waals surface area contributed by atoms with Crippen molar-refractivity contribution in [1.82, 2.24) is 0 Å². The van der Waals surface area contributed by atoms with Gasteiger partial charge in [-0.25, -0.2) is 0 Å². The van der Waals surface area contributed by atoms with Gasteiger partial charge >= 0.3 is 0 Å². The van der Waals surface area contributed by atoms with Crippen LogP contribution >= 0.6 is 0 Å². The van der Waals surface area contributed by atoms with Crippen LogP contribution < -0.4 is 10.5 Å². The zero-order valence-electron chi connectivity index (χ0n) is 11.6. The number of rotatable bonds is 8. The number of oxime groups is 1. The topological polar surface area (TPSA) is 77.1 Å². The Hall–Kier alpha value is -1.75. The first-order valence-electron chi connectivity index (χ1n) is 6.48. The molecule has 1 rings (SSSR count). The van der Waals surface area contributed by atoms with Gasteiger partial charge < -0.3 is 20.4 Å². The Morgan fingerprint density at radius 1 is 1.32 bits per heavy atom. The zero-order valence-corrected chi connectivity index (χ0v) is 11.6. The first-order valence-corrected chi connectivity index (χ1v) is 6.48. The lowest BCUT2D eigenvalue weighted by atomic mass is 10.1. The molecule has 1 aromatic rings. The average Bonchev–Trinajstić information content (AvgIpc) is 2.43. The minimum Gasteiger partial charge on any atom is -0.490 e. The van der Waals surface area contributed by atoms with Crippen LogP contribution in [-0.4, -0.2) is 30.9 Å². The van der Waals surface area contributed by atoms with Crippen LogP contribution in [0.1, 0.15) is 30.9 Å². The molecule has 0 heterocycles. The minimum atomic E-state index is 0.0469. The molecule has 0 aromatic heterocycles. The van der Waals surface area contributed by atoms with E-state index in [0.29, 0.717) is 24.5 Å². The van der Waals surface area contributed by atoms with Crippen molar-refractivity contribution in [1.29, 1.82) is 0 Å². The minimum absolute atomic E-state index is 0.0469. The maximum atomic E-state index is 8.75. The van der Waals surface area contributed by atoms with Crippen LogP contribution in [0.5, 0.6) is 5.75 Å². The van der Waals surface area contributed by atoms with E-state index >= 15 is 0 Å². The van der Waals surface area contributed by atoms with Crippen molar-refractivity contribution in [2.45, 2.75) is 26.7 Å². The Balaban J connectivity index is 2.57. The summed E-state index contributed by atoms with van der Waals surface area (Å²) in [6.07, 6.45) is 2.17. The fourth-order valence-electron chi connectivity index (χ4n) is 1.65. The molecule has 5 heteroatoms. The molecule has 3 N–H and O–H groups in total. The summed E-state index contributed by atoms with van der Waals surface area (Å²) in [5.41, 5.74) is 7.16. The number of aryl methyl sites for hydroxylation is 1. The SMILES string of the molecule is CCCCOCCOc1c(C)cccc1/C(N)=N/O. The third-order valence-corrected chi connectivity index (χ3v) is 2.71. The highest BCUT2D eigenvalue weighted by Crippen LogP contribution is 2.23. The molecule has 0 saturated carbocycles. The van der Waals surface area contributed by atoms with Crippen molar-refractivity contribution < 1.29 is 14.7 Å². The lowest BCUT2D eigenvalue weighted by molar-refractivity contribution is 0.0977. The maximum absolute atomic E-state index is 8.75. The molecule has 106 valence electrons. The van der Waals surface area contributed by atoms with Gasteiger partial charge in [0.2, 0.25) is 0 Å². The maximum Gasteiger partial charge on any atom is 0.173 e. The van der Waals surface area contributed by atoms with Gasteiger partial charge in [-0.15, -0.1) is 0 Å². The van der Waals surface area contributed by atoms with Gasteiger partial charge in [-0.05, 0) is 25.0 Å². The van der Waals surface area contributed by atoms with Gasteiger partial charge in [-0.2, -0.15) is 0 Å². The monoisotopic (exact) mass is 266 g/mol. The number of nitrogens with two attached hydrogens (primary N) is 1. The summed E-state index contributed by atoms with van der Waals surface area (Å²) in [6.45, 7) is 5.77. The number of ether oxygens (including phenoxy) is 2. The van der Waals surface area contributed by atoms with E-state index in [-0.39, 0.29) is 5.84 Å². The number of unbranched alkanes of at least 4 members (excludes halogenated alkanes) is 1. The Labute approximate surface area is 114 Å². The van der Waals surface area contributed by atoms with Crippen molar-refractivity contribution in [3.63, 3.8) is 0 Å². The predicted molar refractivity (Wildman–Crippen MR) is 74.9 cm³/mol. The van der Waals surface area contributed by atoms with Gasteiger partial charge in [0.05, 0.1) is 12.2 Å². The molecule has 0 spiro atoms. The van der Waals surface area contributed by atoms with Gasteiger partial charge in [-0.1, -0.05) is 30.6 Å². The summed E-state index contributed by atoms with van der Waals surface area (Å²) in [4.78, 5) is 0. The number of nitrogens with zero attached hydrogens (tertiary/aromatic N) is 1. The van der Waals surface area contributed by atoms with Crippen LogP contribution in [0.3, 0.4) is 0 Å². The molecular weight excluding hydrogens is 244 g/mol. The third kappa shape index (κ3) is 4.79. The Kier molecular flexibility index (Phi) is 6.74. The highest BCUT2D eigenvalue weighted by molar-refractivity contribution is 5.99. The van der Waals surface area contributed by atoms with Crippen LogP contribution in [0.25, 0.3) is 0 Å². The van der Waals surface area contributed by atoms with E-state index in [1.54, 1.807) is 6.07 Å². The summed E-state index contributed by atoms with van der Waals surface area (Å²) in [6, 6.07) is 5.52. The van der Waals surface area contributed by atoms with Crippen molar-refractivity contribution in [3.05, 3.63) is 29.3 Å². The fourth-order valence-corrected chi connectivity index (χ4v) is 1.65. The van der Waals surface area contributed by atoms with Crippen molar-refractivity contribution >= 4 is 5.84 Å². The summed E-state index contributed by atoms with van der Waals surface area (Å²) >= 11 is 0. The first-order chi connectivity index (χ1) is 9.20. The molecule has 0 atom stereocenters.